The summed E-state index contributed by atoms with van der Waals surface area (Å²) >= 11 is 0. The Labute approximate surface area is 232 Å². The number of nitrogens with two attached hydrogens (primary N) is 1. The molecule has 0 saturated carbocycles. The van der Waals surface area contributed by atoms with Crippen molar-refractivity contribution in [3.63, 3.8) is 0 Å². The van der Waals surface area contributed by atoms with E-state index in [9.17, 15) is 14.2 Å². The predicted molar refractivity (Wildman–Crippen MR) is 144 cm³/mol. The summed E-state index contributed by atoms with van der Waals surface area (Å²) in [6, 6.07) is 8.89. The van der Waals surface area contributed by atoms with Crippen molar-refractivity contribution in [2.45, 2.75) is 77.9 Å². The Morgan fingerprint density at radius 3 is 2.58 bits per heavy atom. The first-order chi connectivity index (χ1) is 18.7. The summed E-state index contributed by atoms with van der Waals surface area (Å²) in [4.78, 5) is 29.0. The Balaban J connectivity index is 1.60. The van der Waals surface area contributed by atoms with Gasteiger partial charge in [0.05, 0.1) is 24.7 Å². The monoisotopic (exact) mass is 580 g/mol. The average molecular weight is 581 g/mol. The van der Waals surface area contributed by atoms with Gasteiger partial charge in [0, 0.05) is 6.20 Å². The Morgan fingerprint density at radius 2 is 1.93 bits per heavy atom. The van der Waals surface area contributed by atoms with Gasteiger partial charge in [0.1, 0.15) is 36.0 Å². The topological polar surface area (TPSA) is 162 Å². The number of carbonyl (C=O) groups is 1. The van der Waals surface area contributed by atoms with E-state index in [1.807, 2.05) is 6.92 Å². The number of hydrogen-bond donors (Lipinski definition) is 2. The number of carbonyl (C=O) groups excluding carboxylic acids is 1. The number of nitrogen functional groups attached to an aromatic ring is 1. The highest BCUT2D eigenvalue weighted by Gasteiger charge is 2.60. The Morgan fingerprint density at radius 1 is 1.23 bits per heavy atom. The highest BCUT2D eigenvalue weighted by Crippen LogP contribution is 2.53. The molecule has 0 radical (unpaired) electrons. The van der Waals surface area contributed by atoms with E-state index in [2.05, 4.69) is 10.1 Å². The van der Waals surface area contributed by atoms with Crippen molar-refractivity contribution in [1.29, 1.82) is 0 Å². The van der Waals surface area contributed by atoms with E-state index < -0.39 is 55.1 Å². The molecule has 2 aliphatic rings. The standard InChI is InChI=1S/C26H37N4O9P/c1-16(2)36-22(31)17(3)29-40(33,39-18-10-8-7-9-11-18)35-14-19-21-26(6,15-34-25(4,5)38-21)23(37-19)30-13-12-20(27)28-24(30)32/h7-13,16-17,19,21,23H,14-15H2,1-6H3,(H,29,33)(H2,27,28,32)/t17-,19+,21+,23+,26+,40?/m0/s1. The number of nitrogens with one attached hydrogen (secondary N) is 1. The Hall–Kier alpha value is -2.80. The minimum atomic E-state index is -4.17. The SMILES string of the molecule is CC(C)OC(=O)[C@H](C)NP(=O)(OC[C@H]1O[C@@H](n2ccc(N)nc2=O)[C@]2(C)COC(C)(C)O[C@H]12)Oc1ccccc1. The van der Waals surface area contributed by atoms with Gasteiger partial charge in [0.15, 0.2) is 5.79 Å². The molecular weight excluding hydrogens is 543 g/mol. The third kappa shape index (κ3) is 6.73. The number of fused-ring (bicyclic) bond motifs is 1. The zero-order valence-corrected chi connectivity index (χ0v) is 24.3. The van der Waals surface area contributed by atoms with Crippen LogP contribution in [0.2, 0.25) is 0 Å². The lowest BCUT2D eigenvalue weighted by Gasteiger charge is -2.45. The number of ether oxygens (including phenoxy) is 4. The molecule has 2 saturated heterocycles. The van der Waals surface area contributed by atoms with E-state index >= 15 is 0 Å². The lowest BCUT2D eigenvalue weighted by Crippen LogP contribution is -2.55. The molecule has 1 aromatic carbocycles. The molecule has 1 unspecified atom stereocenters. The molecule has 0 aliphatic carbocycles. The Bertz CT molecular complexity index is 1300. The molecule has 6 atom stereocenters. The first-order valence-electron chi connectivity index (χ1n) is 13.0. The van der Waals surface area contributed by atoms with Crippen molar-refractivity contribution in [2.24, 2.45) is 5.41 Å². The average Bonchev–Trinajstić information content (AvgIpc) is 3.14. The molecule has 14 heteroatoms. The lowest BCUT2D eigenvalue weighted by atomic mass is 9.81. The van der Waals surface area contributed by atoms with Crippen molar-refractivity contribution < 1.29 is 37.4 Å². The molecule has 2 aromatic rings. The van der Waals surface area contributed by atoms with Gasteiger partial charge in [-0.05, 0) is 52.8 Å². The minimum Gasteiger partial charge on any atom is -0.462 e. The molecular formula is C26H37N4O9P. The summed E-state index contributed by atoms with van der Waals surface area (Å²) in [7, 11) is -4.17. The van der Waals surface area contributed by atoms with Gasteiger partial charge in [-0.15, -0.1) is 0 Å². The second kappa shape index (κ2) is 11.6. The van der Waals surface area contributed by atoms with Crippen LogP contribution in [0.15, 0.2) is 47.4 Å². The number of benzene rings is 1. The molecule has 1 aromatic heterocycles. The van der Waals surface area contributed by atoms with Gasteiger partial charge in [-0.25, -0.2) is 9.36 Å². The van der Waals surface area contributed by atoms with Crippen LogP contribution >= 0.6 is 7.75 Å². The Kier molecular flexibility index (Phi) is 8.74. The largest absolute Gasteiger partial charge is 0.462 e. The fraction of sp³-hybridized carbons (Fsp3) is 0.577. The lowest BCUT2D eigenvalue weighted by molar-refractivity contribution is -0.314. The van der Waals surface area contributed by atoms with E-state index in [1.54, 1.807) is 58.0 Å². The number of nitrogens with zero attached hydrogens (tertiary/aromatic N) is 2. The maximum atomic E-state index is 14.0. The van der Waals surface area contributed by atoms with Crippen LogP contribution < -0.4 is 21.0 Å². The first kappa shape index (κ1) is 30.2. The molecule has 0 amide bonds. The molecule has 40 heavy (non-hydrogen) atoms. The number of anilines is 1. The van der Waals surface area contributed by atoms with Gasteiger partial charge < -0.3 is 29.2 Å². The van der Waals surface area contributed by atoms with E-state index in [4.69, 9.17) is 33.7 Å². The van der Waals surface area contributed by atoms with Crippen LogP contribution in [0.4, 0.5) is 5.82 Å². The number of rotatable bonds is 10. The number of para-hydroxylation sites is 1. The van der Waals surface area contributed by atoms with Crippen LogP contribution in [0.3, 0.4) is 0 Å². The molecule has 4 rings (SSSR count). The molecule has 3 N–H and O–H groups in total. The maximum absolute atomic E-state index is 14.0. The maximum Gasteiger partial charge on any atom is 0.459 e. The van der Waals surface area contributed by atoms with Crippen LogP contribution in [-0.4, -0.2) is 58.9 Å². The van der Waals surface area contributed by atoms with E-state index in [-0.39, 0.29) is 30.9 Å². The summed E-state index contributed by atoms with van der Waals surface area (Å²) in [5.74, 6) is -1.23. The molecule has 0 spiro atoms. The molecule has 2 aliphatic heterocycles. The van der Waals surface area contributed by atoms with Crippen molar-refractivity contribution in [3.05, 3.63) is 53.1 Å². The van der Waals surface area contributed by atoms with Crippen molar-refractivity contribution >= 4 is 19.5 Å². The molecule has 0 bridgehead atoms. The molecule has 13 nitrogen and oxygen atoms in total. The van der Waals surface area contributed by atoms with Crippen LogP contribution in [0, 0.1) is 5.41 Å². The van der Waals surface area contributed by atoms with Crippen LogP contribution in [0.1, 0.15) is 47.8 Å². The highest BCUT2D eigenvalue weighted by molar-refractivity contribution is 7.52. The summed E-state index contributed by atoms with van der Waals surface area (Å²) < 4.78 is 50.7. The van der Waals surface area contributed by atoms with E-state index in [0.29, 0.717) is 0 Å². The molecule has 3 heterocycles. The summed E-state index contributed by atoms with van der Waals surface area (Å²) in [6.45, 7) is 10.2. The van der Waals surface area contributed by atoms with Crippen molar-refractivity contribution in [3.8, 4) is 5.75 Å². The van der Waals surface area contributed by atoms with Crippen LogP contribution in [-0.2, 0) is 32.8 Å². The first-order valence-corrected chi connectivity index (χ1v) is 14.5. The normalized spacial score (nSPS) is 27.9. The number of hydrogen-bond acceptors (Lipinski definition) is 11. The smallest absolute Gasteiger partial charge is 0.459 e. The van der Waals surface area contributed by atoms with E-state index in [1.165, 1.54) is 23.8 Å². The fourth-order valence-electron chi connectivity index (χ4n) is 4.61. The van der Waals surface area contributed by atoms with Gasteiger partial charge in [0.25, 0.3) is 0 Å². The number of esters is 1. The molecule has 220 valence electrons. The highest BCUT2D eigenvalue weighted by atomic mass is 31.2. The molecule has 2 fully saturated rings. The summed E-state index contributed by atoms with van der Waals surface area (Å²) in [5.41, 5.74) is 4.23. The van der Waals surface area contributed by atoms with Gasteiger partial charge >= 0.3 is 19.4 Å². The zero-order valence-electron chi connectivity index (χ0n) is 23.4. The van der Waals surface area contributed by atoms with Gasteiger partial charge in [0.2, 0.25) is 0 Å². The minimum absolute atomic E-state index is 0.0771. The van der Waals surface area contributed by atoms with Crippen LogP contribution in [0.25, 0.3) is 0 Å². The van der Waals surface area contributed by atoms with Gasteiger partial charge in [-0.2, -0.15) is 10.1 Å². The zero-order chi connectivity index (χ0) is 29.3. The summed E-state index contributed by atoms with van der Waals surface area (Å²) in [5, 5.41) is 2.66. The third-order valence-corrected chi connectivity index (χ3v) is 8.18. The van der Waals surface area contributed by atoms with Crippen molar-refractivity contribution in [1.82, 2.24) is 14.6 Å². The second-order valence-corrected chi connectivity index (χ2v) is 12.5. The van der Waals surface area contributed by atoms with Crippen molar-refractivity contribution in [2.75, 3.05) is 18.9 Å². The van der Waals surface area contributed by atoms with E-state index in [0.717, 1.165) is 0 Å². The second-order valence-electron chi connectivity index (χ2n) is 10.8. The van der Waals surface area contributed by atoms with Gasteiger partial charge in [-0.3, -0.25) is 13.9 Å². The quantitative estimate of drug-likeness (QED) is 0.312. The van der Waals surface area contributed by atoms with Gasteiger partial charge in [-0.1, -0.05) is 25.1 Å². The van der Waals surface area contributed by atoms with Crippen LogP contribution in [0.5, 0.6) is 5.75 Å². The summed E-state index contributed by atoms with van der Waals surface area (Å²) in [6.07, 6.45) is -1.18. The number of aromatic nitrogens is 2. The fourth-order valence-corrected chi connectivity index (χ4v) is 6.11. The third-order valence-electron chi connectivity index (χ3n) is 6.54. The predicted octanol–water partition coefficient (Wildman–Crippen LogP) is 3.01.